The van der Waals surface area contributed by atoms with Crippen LogP contribution in [0.1, 0.15) is 40.0 Å². The van der Waals surface area contributed by atoms with E-state index in [1.807, 2.05) is 0 Å². The largest absolute Gasteiger partial charge is 0.476 e. The summed E-state index contributed by atoms with van der Waals surface area (Å²) in [4.78, 5) is 24.1. The second-order valence-electron chi connectivity index (χ2n) is 4.35. The summed E-state index contributed by atoms with van der Waals surface area (Å²) in [5.74, 6) is -2.08. The molecule has 18 heavy (non-hydrogen) atoms. The maximum atomic E-state index is 12.1. The molecule has 96 valence electrons. The SMILES string of the molecule is O=C(O)c1nnn2c1C(=O)N1CCCC1(O)C2O. The van der Waals surface area contributed by atoms with Gasteiger partial charge in [-0.25, -0.2) is 9.48 Å². The van der Waals surface area contributed by atoms with E-state index in [0.717, 1.165) is 9.58 Å². The molecule has 1 fully saturated rings. The Bertz CT molecular complexity index is 555. The van der Waals surface area contributed by atoms with Gasteiger partial charge in [0.25, 0.3) is 5.91 Å². The number of aromatic nitrogens is 3. The van der Waals surface area contributed by atoms with Crippen LogP contribution in [0.4, 0.5) is 0 Å². The Morgan fingerprint density at radius 3 is 2.89 bits per heavy atom. The van der Waals surface area contributed by atoms with Gasteiger partial charge in [0.1, 0.15) is 0 Å². The normalized spacial score (nSPS) is 30.2. The maximum Gasteiger partial charge on any atom is 0.358 e. The Labute approximate surface area is 100 Å². The first-order valence-corrected chi connectivity index (χ1v) is 5.37. The van der Waals surface area contributed by atoms with E-state index in [4.69, 9.17) is 5.11 Å². The second kappa shape index (κ2) is 3.27. The smallest absolute Gasteiger partial charge is 0.358 e. The first kappa shape index (κ1) is 11.1. The highest BCUT2D eigenvalue weighted by atomic mass is 16.4. The summed E-state index contributed by atoms with van der Waals surface area (Å²) in [5, 5.41) is 36.0. The predicted molar refractivity (Wildman–Crippen MR) is 53.5 cm³/mol. The molecule has 1 aromatic rings. The van der Waals surface area contributed by atoms with Gasteiger partial charge in [-0.05, 0) is 6.42 Å². The summed E-state index contributed by atoms with van der Waals surface area (Å²) in [5.41, 5.74) is -2.55. The number of aliphatic hydroxyl groups excluding tert-OH is 1. The Kier molecular flexibility index (Phi) is 2.02. The number of hydrogen-bond donors (Lipinski definition) is 3. The Morgan fingerprint density at radius 2 is 2.22 bits per heavy atom. The zero-order valence-corrected chi connectivity index (χ0v) is 9.15. The van der Waals surface area contributed by atoms with Crippen LogP contribution in [-0.2, 0) is 0 Å². The van der Waals surface area contributed by atoms with Gasteiger partial charge in [-0.3, -0.25) is 4.79 Å². The molecule has 1 amide bonds. The molecule has 3 rings (SSSR count). The summed E-state index contributed by atoms with van der Waals surface area (Å²) in [6, 6.07) is 0. The molecule has 1 saturated heterocycles. The summed E-state index contributed by atoms with van der Waals surface area (Å²) >= 11 is 0. The van der Waals surface area contributed by atoms with Crippen LogP contribution in [0.25, 0.3) is 0 Å². The zero-order chi connectivity index (χ0) is 13.1. The highest BCUT2D eigenvalue weighted by Gasteiger charge is 2.55. The number of carboxylic acids is 1. The van der Waals surface area contributed by atoms with E-state index < -0.39 is 29.5 Å². The van der Waals surface area contributed by atoms with Gasteiger partial charge in [0.2, 0.25) is 5.69 Å². The third kappa shape index (κ3) is 1.12. The number of aromatic carboxylic acids is 1. The molecule has 0 aromatic carbocycles. The second-order valence-corrected chi connectivity index (χ2v) is 4.35. The Balaban J connectivity index is 2.21. The van der Waals surface area contributed by atoms with Gasteiger partial charge in [0.15, 0.2) is 17.6 Å². The molecule has 0 bridgehead atoms. The Morgan fingerprint density at radius 1 is 1.50 bits per heavy atom. The van der Waals surface area contributed by atoms with Crippen molar-refractivity contribution in [2.45, 2.75) is 24.8 Å². The molecular formula is C9H10N4O5. The van der Waals surface area contributed by atoms with Crippen LogP contribution in [0.5, 0.6) is 0 Å². The van der Waals surface area contributed by atoms with Crippen LogP contribution in [0, 0.1) is 0 Å². The average molecular weight is 254 g/mol. The Hall–Kier alpha value is -2.00. The lowest BCUT2D eigenvalue weighted by atomic mass is 10.1. The fraction of sp³-hybridized carbons (Fsp3) is 0.556. The number of carbonyl (C=O) groups excluding carboxylic acids is 1. The highest BCUT2D eigenvalue weighted by molar-refractivity contribution is 6.03. The third-order valence-electron chi connectivity index (χ3n) is 3.38. The van der Waals surface area contributed by atoms with E-state index in [2.05, 4.69) is 10.3 Å². The number of amides is 1. The van der Waals surface area contributed by atoms with Crippen molar-refractivity contribution in [3.8, 4) is 0 Å². The topological polar surface area (TPSA) is 129 Å². The van der Waals surface area contributed by atoms with Crippen molar-refractivity contribution >= 4 is 11.9 Å². The third-order valence-corrected chi connectivity index (χ3v) is 3.38. The molecular weight excluding hydrogens is 244 g/mol. The van der Waals surface area contributed by atoms with Gasteiger partial charge in [0, 0.05) is 13.0 Å². The molecule has 3 heterocycles. The van der Waals surface area contributed by atoms with Crippen molar-refractivity contribution in [2.24, 2.45) is 0 Å². The molecule has 0 saturated carbocycles. The first-order valence-electron chi connectivity index (χ1n) is 5.37. The van der Waals surface area contributed by atoms with Crippen molar-refractivity contribution in [1.29, 1.82) is 0 Å². The van der Waals surface area contributed by atoms with E-state index in [1.165, 1.54) is 0 Å². The van der Waals surface area contributed by atoms with Gasteiger partial charge in [-0.1, -0.05) is 5.21 Å². The fourth-order valence-corrected chi connectivity index (χ4v) is 2.50. The van der Waals surface area contributed by atoms with Crippen molar-refractivity contribution in [3.05, 3.63) is 11.4 Å². The summed E-state index contributed by atoms with van der Waals surface area (Å²) < 4.78 is 0.771. The van der Waals surface area contributed by atoms with E-state index in [-0.39, 0.29) is 18.7 Å². The lowest BCUT2D eigenvalue weighted by Gasteiger charge is -2.40. The molecule has 2 aliphatic rings. The standard InChI is InChI=1S/C9H10N4O5/c14-6-5-4(7(15)16)10-11-13(5)8(17)9(18)2-1-3-12(6)9/h8,17-18H,1-3H2,(H,15,16). The lowest BCUT2D eigenvalue weighted by molar-refractivity contribution is -0.186. The molecule has 2 aliphatic heterocycles. The van der Waals surface area contributed by atoms with E-state index in [9.17, 15) is 19.8 Å². The number of carboxylic acid groups (broad SMARTS) is 1. The predicted octanol–water partition coefficient (Wildman–Crippen LogP) is -1.59. The number of fused-ring (bicyclic) bond motifs is 2. The van der Waals surface area contributed by atoms with Crippen molar-refractivity contribution in [3.63, 3.8) is 0 Å². The van der Waals surface area contributed by atoms with Crippen LogP contribution in [0.3, 0.4) is 0 Å². The zero-order valence-electron chi connectivity index (χ0n) is 9.15. The van der Waals surface area contributed by atoms with Gasteiger partial charge >= 0.3 is 5.97 Å². The fourth-order valence-electron chi connectivity index (χ4n) is 2.50. The molecule has 0 spiro atoms. The minimum Gasteiger partial charge on any atom is -0.476 e. The molecule has 1 aromatic heterocycles. The molecule has 0 radical (unpaired) electrons. The highest BCUT2D eigenvalue weighted by Crippen LogP contribution is 2.40. The molecule has 9 heteroatoms. The van der Waals surface area contributed by atoms with Crippen molar-refractivity contribution < 1.29 is 24.9 Å². The van der Waals surface area contributed by atoms with E-state index in [1.54, 1.807) is 0 Å². The van der Waals surface area contributed by atoms with Gasteiger partial charge in [-0.15, -0.1) is 5.10 Å². The van der Waals surface area contributed by atoms with E-state index >= 15 is 0 Å². The average Bonchev–Trinajstić information content (AvgIpc) is 2.90. The molecule has 3 N–H and O–H groups in total. The van der Waals surface area contributed by atoms with E-state index in [0.29, 0.717) is 6.42 Å². The minimum absolute atomic E-state index is 0.210. The number of aliphatic hydroxyl groups is 2. The van der Waals surface area contributed by atoms with Gasteiger partial charge in [-0.2, -0.15) is 0 Å². The van der Waals surface area contributed by atoms with Crippen LogP contribution >= 0.6 is 0 Å². The number of rotatable bonds is 1. The maximum absolute atomic E-state index is 12.1. The van der Waals surface area contributed by atoms with Crippen molar-refractivity contribution in [2.75, 3.05) is 6.54 Å². The molecule has 0 aliphatic carbocycles. The van der Waals surface area contributed by atoms with Crippen LogP contribution in [0.15, 0.2) is 0 Å². The monoisotopic (exact) mass is 254 g/mol. The summed E-state index contributed by atoms with van der Waals surface area (Å²) in [7, 11) is 0. The minimum atomic E-state index is -1.73. The molecule has 2 atom stereocenters. The number of carbonyl (C=O) groups is 2. The van der Waals surface area contributed by atoms with Crippen LogP contribution in [0.2, 0.25) is 0 Å². The first-order chi connectivity index (χ1) is 8.47. The number of nitrogens with zero attached hydrogens (tertiary/aromatic N) is 4. The van der Waals surface area contributed by atoms with Crippen LogP contribution in [-0.4, -0.2) is 59.4 Å². The van der Waals surface area contributed by atoms with Crippen LogP contribution < -0.4 is 0 Å². The van der Waals surface area contributed by atoms with Gasteiger partial charge in [0.05, 0.1) is 0 Å². The summed E-state index contributed by atoms with van der Waals surface area (Å²) in [6.07, 6.45) is -0.769. The lowest BCUT2D eigenvalue weighted by Crippen LogP contribution is -2.58. The summed E-state index contributed by atoms with van der Waals surface area (Å²) in [6.45, 7) is 0.261. The van der Waals surface area contributed by atoms with Gasteiger partial charge < -0.3 is 20.2 Å². The quantitative estimate of drug-likeness (QED) is 0.550. The molecule has 9 nitrogen and oxygen atoms in total. The van der Waals surface area contributed by atoms with Crippen molar-refractivity contribution in [1.82, 2.24) is 19.9 Å². The number of hydrogen-bond acceptors (Lipinski definition) is 6. The molecule has 2 unspecified atom stereocenters.